The summed E-state index contributed by atoms with van der Waals surface area (Å²) in [6.45, 7) is 7.34. The lowest BCUT2D eigenvalue weighted by molar-refractivity contribution is -0.0157. The van der Waals surface area contributed by atoms with Crippen molar-refractivity contribution < 1.29 is 9.84 Å². The Hall–Kier alpha value is -0.120. The Bertz CT molecular complexity index is 155. The van der Waals surface area contributed by atoms with Gasteiger partial charge in [0.25, 0.3) is 0 Å². The lowest BCUT2D eigenvalue weighted by Crippen LogP contribution is -2.52. The van der Waals surface area contributed by atoms with E-state index < -0.39 is 0 Å². The van der Waals surface area contributed by atoms with Crippen molar-refractivity contribution in [2.45, 2.75) is 51.8 Å². The van der Waals surface area contributed by atoms with E-state index in [1.165, 1.54) is 0 Å². The summed E-state index contributed by atoms with van der Waals surface area (Å²) in [5, 5.41) is 12.6. The molecule has 1 aliphatic rings. The molecule has 0 saturated heterocycles. The molecule has 2 N–H and O–H groups in total. The summed E-state index contributed by atoms with van der Waals surface area (Å²) >= 11 is 0. The van der Waals surface area contributed by atoms with Gasteiger partial charge in [0.15, 0.2) is 0 Å². The van der Waals surface area contributed by atoms with Crippen molar-refractivity contribution in [3.8, 4) is 0 Å². The van der Waals surface area contributed by atoms with Crippen LogP contribution >= 0.6 is 0 Å². The van der Waals surface area contributed by atoms with Gasteiger partial charge in [-0.2, -0.15) is 0 Å². The smallest absolute Gasteiger partial charge is 0.0604 e. The van der Waals surface area contributed by atoms with E-state index in [1.807, 2.05) is 6.92 Å². The van der Waals surface area contributed by atoms with Crippen molar-refractivity contribution in [3.05, 3.63) is 0 Å². The topological polar surface area (TPSA) is 41.5 Å². The van der Waals surface area contributed by atoms with Gasteiger partial charge in [0, 0.05) is 18.7 Å². The van der Waals surface area contributed by atoms with Gasteiger partial charge in [-0.25, -0.2) is 0 Å². The Morgan fingerprint density at radius 2 is 2.07 bits per heavy atom. The molecule has 0 aliphatic heterocycles. The Labute approximate surface area is 86.8 Å². The van der Waals surface area contributed by atoms with E-state index in [4.69, 9.17) is 9.84 Å². The zero-order chi connectivity index (χ0) is 10.6. The standard InChI is InChI=1S/C11H23NO2/c1-4-14-10-5-9(6-10)12-11(7-13)8(2)3/h8-13H,4-7H2,1-3H3. The van der Waals surface area contributed by atoms with Gasteiger partial charge in [-0.15, -0.1) is 0 Å². The predicted octanol–water partition coefficient (Wildman–Crippen LogP) is 1.16. The Kier molecular flexibility index (Phi) is 4.85. The minimum atomic E-state index is 0.230. The van der Waals surface area contributed by atoms with Crippen LogP contribution in [-0.4, -0.2) is 36.5 Å². The number of hydrogen-bond acceptors (Lipinski definition) is 3. The fourth-order valence-electron chi connectivity index (χ4n) is 1.83. The van der Waals surface area contributed by atoms with Gasteiger partial charge in [-0.3, -0.25) is 0 Å². The summed E-state index contributed by atoms with van der Waals surface area (Å²) in [6.07, 6.45) is 2.64. The summed E-state index contributed by atoms with van der Waals surface area (Å²) in [5.74, 6) is 0.492. The monoisotopic (exact) mass is 201 g/mol. The van der Waals surface area contributed by atoms with Crippen molar-refractivity contribution in [1.82, 2.24) is 5.32 Å². The van der Waals surface area contributed by atoms with Crippen LogP contribution < -0.4 is 5.32 Å². The summed E-state index contributed by atoms with van der Waals surface area (Å²) in [6, 6.07) is 0.786. The summed E-state index contributed by atoms with van der Waals surface area (Å²) < 4.78 is 5.48. The molecule has 1 aliphatic carbocycles. The van der Waals surface area contributed by atoms with Gasteiger partial charge >= 0.3 is 0 Å². The van der Waals surface area contributed by atoms with E-state index in [1.54, 1.807) is 0 Å². The van der Waals surface area contributed by atoms with Gasteiger partial charge in [0.1, 0.15) is 0 Å². The quantitative estimate of drug-likeness (QED) is 0.677. The second-order valence-electron chi connectivity index (χ2n) is 4.45. The fraction of sp³-hybridized carbons (Fsp3) is 1.00. The van der Waals surface area contributed by atoms with E-state index in [2.05, 4.69) is 19.2 Å². The van der Waals surface area contributed by atoms with E-state index in [-0.39, 0.29) is 12.6 Å². The molecule has 0 bridgehead atoms. The molecule has 1 fully saturated rings. The first-order valence-corrected chi connectivity index (χ1v) is 5.65. The summed E-state index contributed by atoms with van der Waals surface area (Å²) in [5.41, 5.74) is 0. The zero-order valence-electron chi connectivity index (χ0n) is 9.49. The predicted molar refractivity (Wildman–Crippen MR) is 57.3 cm³/mol. The molecular weight excluding hydrogens is 178 g/mol. The van der Waals surface area contributed by atoms with Crippen LogP contribution in [0, 0.1) is 5.92 Å². The Balaban J connectivity index is 2.14. The van der Waals surface area contributed by atoms with Gasteiger partial charge < -0.3 is 15.2 Å². The van der Waals surface area contributed by atoms with E-state index >= 15 is 0 Å². The second-order valence-corrected chi connectivity index (χ2v) is 4.45. The van der Waals surface area contributed by atoms with Crippen molar-refractivity contribution in [3.63, 3.8) is 0 Å². The van der Waals surface area contributed by atoms with Gasteiger partial charge in [-0.1, -0.05) is 13.8 Å². The van der Waals surface area contributed by atoms with Gasteiger partial charge in [-0.05, 0) is 25.7 Å². The van der Waals surface area contributed by atoms with Crippen molar-refractivity contribution in [1.29, 1.82) is 0 Å². The molecule has 1 atom stereocenters. The van der Waals surface area contributed by atoms with Crippen LogP contribution in [0.1, 0.15) is 33.6 Å². The molecule has 0 aromatic rings. The van der Waals surface area contributed by atoms with E-state index in [9.17, 15) is 0 Å². The number of rotatable bonds is 6. The normalized spacial score (nSPS) is 28.9. The molecule has 1 unspecified atom stereocenters. The maximum absolute atomic E-state index is 9.14. The average molecular weight is 201 g/mol. The van der Waals surface area contributed by atoms with Crippen molar-refractivity contribution in [2.24, 2.45) is 5.92 Å². The molecule has 14 heavy (non-hydrogen) atoms. The van der Waals surface area contributed by atoms with E-state index in [0.29, 0.717) is 18.1 Å². The molecule has 0 amide bonds. The molecule has 3 heteroatoms. The van der Waals surface area contributed by atoms with Crippen LogP contribution in [0.3, 0.4) is 0 Å². The highest BCUT2D eigenvalue weighted by molar-refractivity contribution is 4.88. The first kappa shape index (κ1) is 12.0. The molecule has 84 valence electrons. The molecule has 0 aromatic carbocycles. The van der Waals surface area contributed by atoms with Crippen molar-refractivity contribution in [2.75, 3.05) is 13.2 Å². The summed E-state index contributed by atoms with van der Waals surface area (Å²) in [4.78, 5) is 0. The van der Waals surface area contributed by atoms with E-state index in [0.717, 1.165) is 19.4 Å². The van der Waals surface area contributed by atoms with Gasteiger partial charge in [0.2, 0.25) is 0 Å². The maximum atomic E-state index is 9.14. The number of ether oxygens (including phenoxy) is 1. The Morgan fingerprint density at radius 3 is 2.50 bits per heavy atom. The molecule has 1 rings (SSSR count). The number of hydrogen-bond donors (Lipinski definition) is 2. The van der Waals surface area contributed by atoms with Crippen LogP contribution in [-0.2, 0) is 4.74 Å². The average Bonchev–Trinajstić information content (AvgIpc) is 2.08. The largest absolute Gasteiger partial charge is 0.395 e. The first-order chi connectivity index (χ1) is 6.67. The lowest BCUT2D eigenvalue weighted by Gasteiger charge is -2.38. The molecule has 1 saturated carbocycles. The molecular formula is C11H23NO2. The number of aliphatic hydroxyl groups is 1. The van der Waals surface area contributed by atoms with Crippen LogP contribution in [0.5, 0.6) is 0 Å². The van der Waals surface area contributed by atoms with Crippen LogP contribution in [0.2, 0.25) is 0 Å². The minimum Gasteiger partial charge on any atom is -0.395 e. The van der Waals surface area contributed by atoms with Crippen LogP contribution in [0.25, 0.3) is 0 Å². The van der Waals surface area contributed by atoms with Gasteiger partial charge in [0.05, 0.1) is 12.7 Å². The fourth-order valence-corrected chi connectivity index (χ4v) is 1.83. The van der Waals surface area contributed by atoms with Crippen LogP contribution in [0.4, 0.5) is 0 Å². The first-order valence-electron chi connectivity index (χ1n) is 5.65. The molecule has 0 aromatic heterocycles. The summed E-state index contributed by atoms with van der Waals surface area (Å²) in [7, 11) is 0. The third-order valence-electron chi connectivity index (χ3n) is 2.95. The number of aliphatic hydroxyl groups excluding tert-OH is 1. The SMILES string of the molecule is CCOC1CC(NC(CO)C(C)C)C1. The molecule has 0 spiro atoms. The zero-order valence-corrected chi connectivity index (χ0v) is 9.49. The Morgan fingerprint density at radius 1 is 1.43 bits per heavy atom. The second kappa shape index (κ2) is 5.69. The highest BCUT2D eigenvalue weighted by Crippen LogP contribution is 2.24. The van der Waals surface area contributed by atoms with Crippen LogP contribution in [0.15, 0.2) is 0 Å². The molecule has 0 radical (unpaired) electrons. The molecule has 3 nitrogen and oxygen atoms in total. The minimum absolute atomic E-state index is 0.230. The highest BCUT2D eigenvalue weighted by Gasteiger charge is 2.31. The third kappa shape index (κ3) is 3.23. The third-order valence-corrected chi connectivity index (χ3v) is 2.95. The lowest BCUT2D eigenvalue weighted by atomic mass is 9.87. The van der Waals surface area contributed by atoms with Crippen molar-refractivity contribution >= 4 is 0 Å². The molecule has 0 heterocycles. The number of nitrogens with one attached hydrogen (secondary N) is 1. The maximum Gasteiger partial charge on any atom is 0.0604 e. The highest BCUT2D eigenvalue weighted by atomic mass is 16.5.